The average Bonchev–Trinajstić information content (AvgIpc) is 2.23. The zero-order valence-corrected chi connectivity index (χ0v) is 8.57. The average molecular weight is 216 g/mol. The van der Waals surface area contributed by atoms with Crippen molar-refractivity contribution >= 4 is 11.6 Å². The minimum Gasteiger partial charge on any atom is -0.491 e. The highest BCUT2D eigenvalue weighted by molar-refractivity contribution is 6.32. The van der Waals surface area contributed by atoms with E-state index in [0.29, 0.717) is 22.9 Å². The molecule has 1 atom stereocenters. The zero-order valence-electron chi connectivity index (χ0n) is 7.81. The highest BCUT2D eigenvalue weighted by Crippen LogP contribution is 2.38. The maximum Gasteiger partial charge on any atom is 0.145 e. The monoisotopic (exact) mass is 215 g/mol. The second-order valence-corrected chi connectivity index (χ2v) is 3.66. The molecule has 0 spiro atoms. The van der Waals surface area contributed by atoms with Gasteiger partial charge in [-0.2, -0.15) is 0 Å². The van der Waals surface area contributed by atoms with Gasteiger partial charge in [0.15, 0.2) is 0 Å². The van der Waals surface area contributed by atoms with Crippen LogP contribution in [-0.4, -0.2) is 13.7 Å². The molecular weight excluding hydrogens is 205 g/mol. The number of hydrogen-bond donors (Lipinski definition) is 1. The van der Waals surface area contributed by atoms with Gasteiger partial charge in [-0.3, -0.25) is 0 Å². The van der Waals surface area contributed by atoms with Crippen LogP contribution in [0.1, 0.15) is 18.0 Å². The van der Waals surface area contributed by atoms with Crippen molar-refractivity contribution in [1.29, 1.82) is 0 Å². The van der Waals surface area contributed by atoms with E-state index in [1.807, 2.05) is 0 Å². The smallest absolute Gasteiger partial charge is 0.145 e. The molecule has 2 nitrogen and oxygen atoms in total. The van der Waals surface area contributed by atoms with Crippen molar-refractivity contribution < 1.29 is 9.13 Å². The van der Waals surface area contributed by atoms with Gasteiger partial charge in [0.2, 0.25) is 0 Å². The molecule has 0 aliphatic carbocycles. The van der Waals surface area contributed by atoms with Crippen LogP contribution >= 0.6 is 11.6 Å². The Morgan fingerprint density at radius 1 is 1.57 bits per heavy atom. The van der Waals surface area contributed by atoms with E-state index in [9.17, 15) is 4.39 Å². The fourth-order valence-corrected chi connectivity index (χ4v) is 1.95. The van der Waals surface area contributed by atoms with Crippen molar-refractivity contribution in [3.05, 3.63) is 28.5 Å². The predicted octanol–water partition coefficient (Wildman–Crippen LogP) is 2.52. The molecule has 1 aliphatic heterocycles. The molecule has 4 heteroatoms. The number of nitrogens with one attached hydrogen (secondary N) is 1. The number of benzene rings is 1. The minimum atomic E-state index is -0.261. The Kier molecular flexibility index (Phi) is 2.61. The van der Waals surface area contributed by atoms with Gasteiger partial charge < -0.3 is 10.1 Å². The molecule has 1 aromatic rings. The number of halogens is 2. The number of ether oxygens (including phenoxy) is 1. The summed E-state index contributed by atoms with van der Waals surface area (Å²) >= 11 is 5.92. The lowest BCUT2D eigenvalue weighted by Gasteiger charge is -2.26. The van der Waals surface area contributed by atoms with Gasteiger partial charge in [0.1, 0.15) is 11.6 Å². The Morgan fingerprint density at radius 2 is 2.36 bits per heavy atom. The van der Waals surface area contributed by atoms with Crippen LogP contribution in [0.5, 0.6) is 5.75 Å². The molecular formula is C10H11ClFNO. The molecule has 1 unspecified atom stereocenters. The second-order valence-electron chi connectivity index (χ2n) is 3.25. The topological polar surface area (TPSA) is 21.3 Å². The van der Waals surface area contributed by atoms with Gasteiger partial charge in [-0.05, 0) is 19.2 Å². The highest BCUT2D eigenvalue weighted by atomic mass is 35.5. The molecule has 0 amide bonds. The van der Waals surface area contributed by atoms with Crippen LogP contribution in [0.3, 0.4) is 0 Å². The summed E-state index contributed by atoms with van der Waals surface area (Å²) < 4.78 is 18.9. The van der Waals surface area contributed by atoms with Crippen molar-refractivity contribution in [3.8, 4) is 5.75 Å². The molecule has 0 fully saturated rings. The molecule has 0 saturated carbocycles. The summed E-state index contributed by atoms with van der Waals surface area (Å²) in [5.41, 5.74) is 0.547. The summed E-state index contributed by atoms with van der Waals surface area (Å²) in [6.45, 7) is 0.571. The minimum absolute atomic E-state index is 0.00236. The van der Waals surface area contributed by atoms with E-state index in [-0.39, 0.29) is 11.9 Å². The molecule has 1 N–H and O–H groups in total. The first kappa shape index (κ1) is 9.74. The fraction of sp³-hybridized carbons (Fsp3) is 0.400. The first-order valence-electron chi connectivity index (χ1n) is 4.52. The summed E-state index contributed by atoms with van der Waals surface area (Å²) in [4.78, 5) is 0. The molecule has 0 radical (unpaired) electrons. The highest BCUT2D eigenvalue weighted by Gasteiger charge is 2.25. The van der Waals surface area contributed by atoms with Crippen LogP contribution < -0.4 is 10.1 Å². The van der Waals surface area contributed by atoms with Gasteiger partial charge in [-0.1, -0.05) is 11.6 Å². The summed E-state index contributed by atoms with van der Waals surface area (Å²) in [5.74, 6) is 0.223. The standard InChI is InChI=1S/C10H11ClFNO/c1-13-8-4-5-14-10-6(11)2-3-7(12)9(8)10/h2-3,8,13H,4-5H2,1H3. The Bertz CT molecular complexity index is 356. The van der Waals surface area contributed by atoms with E-state index in [4.69, 9.17) is 16.3 Å². The van der Waals surface area contributed by atoms with E-state index in [1.165, 1.54) is 12.1 Å². The van der Waals surface area contributed by atoms with Gasteiger partial charge >= 0.3 is 0 Å². The van der Waals surface area contributed by atoms with Crippen LogP contribution in [0.2, 0.25) is 5.02 Å². The van der Waals surface area contributed by atoms with Crippen molar-refractivity contribution in [3.63, 3.8) is 0 Å². The maximum atomic E-state index is 13.5. The van der Waals surface area contributed by atoms with E-state index >= 15 is 0 Å². The van der Waals surface area contributed by atoms with E-state index in [2.05, 4.69) is 5.32 Å². The normalized spacial score (nSPS) is 20.1. The Hall–Kier alpha value is -0.800. The second kappa shape index (κ2) is 3.75. The molecule has 0 aromatic heterocycles. The Labute approximate surface area is 87.0 Å². The third-order valence-electron chi connectivity index (χ3n) is 2.44. The third kappa shape index (κ3) is 1.47. The molecule has 0 saturated heterocycles. The lowest BCUT2D eigenvalue weighted by atomic mass is 10.0. The molecule has 1 heterocycles. The van der Waals surface area contributed by atoms with Crippen LogP contribution in [0.25, 0.3) is 0 Å². The summed E-state index contributed by atoms with van der Waals surface area (Å²) in [7, 11) is 1.81. The van der Waals surface area contributed by atoms with Crippen molar-refractivity contribution in [2.75, 3.05) is 13.7 Å². The lowest BCUT2D eigenvalue weighted by Crippen LogP contribution is -2.25. The Balaban J connectivity index is 2.55. The van der Waals surface area contributed by atoms with Crippen molar-refractivity contribution in [2.45, 2.75) is 12.5 Å². The molecule has 2 rings (SSSR count). The van der Waals surface area contributed by atoms with Crippen molar-refractivity contribution in [1.82, 2.24) is 5.32 Å². The molecule has 1 aromatic carbocycles. The molecule has 0 bridgehead atoms. The van der Waals surface area contributed by atoms with E-state index < -0.39 is 0 Å². The molecule has 1 aliphatic rings. The molecule has 76 valence electrons. The zero-order chi connectivity index (χ0) is 10.1. The van der Waals surface area contributed by atoms with Crippen molar-refractivity contribution in [2.24, 2.45) is 0 Å². The van der Waals surface area contributed by atoms with Crippen LogP contribution in [0, 0.1) is 5.82 Å². The van der Waals surface area contributed by atoms with Gasteiger partial charge in [0.25, 0.3) is 0 Å². The first-order chi connectivity index (χ1) is 6.74. The van der Waals surface area contributed by atoms with E-state index in [1.54, 1.807) is 7.05 Å². The van der Waals surface area contributed by atoms with Gasteiger partial charge in [0, 0.05) is 18.0 Å². The quantitative estimate of drug-likeness (QED) is 0.778. The summed E-state index contributed by atoms with van der Waals surface area (Å²) in [5, 5.41) is 3.52. The lowest BCUT2D eigenvalue weighted by molar-refractivity contribution is 0.252. The number of hydrogen-bond acceptors (Lipinski definition) is 2. The number of rotatable bonds is 1. The van der Waals surface area contributed by atoms with Crippen LogP contribution in [-0.2, 0) is 0 Å². The largest absolute Gasteiger partial charge is 0.491 e. The van der Waals surface area contributed by atoms with E-state index in [0.717, 1.165) is 6.42 Å². The van der Waals surface area contributed by atoms with Crippen LogP contribution in [0.4, 0.5) is 4.39 Å². The van der Waals surface area contributed by atoms with Gasteiger partial charge in [-0.25, -0.2) is 4.39 Å². The molecule has 14 heavy (non-hydrogen) atoms. The predicted molar refractivity (Wildman–Crippen MR) is 53.3 cm³/mol. The third-order valence-corrected chi connectivity index (χ3v) is 2.74. The summed E-state index contributed by atoms with van der Waals surface area (Å²) in [6, 6.07) is 2.89. The van der Waals surface area contributed by atoms with Crippen LogP contribution in [0.15, 0.2) is 12.1 Å². The maximum absolute atomic E-state index is 13.5. The SMILES string of the molecule is CNC1CCOc2c(Cl)ccc(F)c21. The first-order valence-corrected chi connectivity index (χ1v) is 4.90. The fourth-order valence-electron chi connectivity index (χ4n) is 1.73. The number of fused-ring (bicyclic) bond motifs is 1. The van der Waals surface area contributed by atoms with Gasteiger partial charge in [-0.15, -0.1) is 0 Å². The summed E-state index contributed by atoms with van der Waals surface area (Å²) in [6.07, 6.45) is 0.765. The van der Waals surface area contributed by atoms with Gasteiger partial charge in [0.05, 0.1) is 11.6 Å². The Morgan fingerprint density at radius 3 is 3.07 bits per heavy atom.